The SMILES string of the molecule is CC1CCCN1C(=O)Cc1cc(OC2CN(C(=O)OCC3CCC4(COc5nc(N6CC7CCC(C6)N7)c6cnc(-c7cc(O)cc(Cl)c7C7CC7)c(F)c6n5)CCCN34)C2)no1. The lowest BCUT2D eigenvalue weighted by molar-refractivity contribution is -0.131. The van der Waals surface area contributed by atoms with Crippen LogP contribution in [0, 0.1) is 5.82 Å². The molecule has 334 valence electrons. The molecule has 16 nitrogen and oxygen atoms in total. The van der Waals surface area contributed by atoms with Crippen molar-refractivity contribution in [2.75, 3.05) is 57.4 Å². The van der Waals surface area contributed by atoms with Crippen molar-refractivity contribution in [1.29, 1.82) is 0 Å². The first-order chi connectivity index (χ1) is 30.6. The number of ether oxygens (including phenoxy) is 3. The Balaban J connectivity index is 0.747. The number of nitrogens with one attached hydrogen (secondary N) is 1. The quantitative estimate of drug-likeness (QED) is 0.174. The number of pyridine rings is 1. The van der Waals surface area contributed by atoms with Crippen molar-refractivity contribution in [1.82, 2.24) is 40.1 Å². The fraction of sp³-hybridized carbons (Fsp3) is 0.600. The monoisotopic (exact) mass is 885 g/mol. The van der Waals surface area contributed by atoms with Gasteiger partial charge in [-0.15, -0.1) is 0 Å². The van der Waals surface area contributed by atoms with Crippen LogP contribution in [-0.2, 0) is 16.0 Å². The molecule has 63 heavy (non-hydrogen) atoms. The molecule has 5 unspecified atom stereocenters. The molecule has 6 aliphatic heterocycles. The van der Waals surface area contributed by atoms with Gasteiger partial charge in [0, 0.05) is 66.7 Å². The lowest BCUT2D eigenvalue weighted by Crippen LogP contribution is -2.56. The van der Waals surface area contributed by atoms with Gasteiger partial charge in [-0.1, -0.05) is 11.6 Å². The summed E-state index contributed by atoms with van der Waals surface area (Å²) in [5.41, 5.74) is 1.18. The van der Waals surface area contributed by atoms with Crippen molar-refractivity contribution in [2.24, 2.45) is 0 Å². The van der Waals surface area contributed by atoms with E-state index in [2.05, 4.69) is 32.2 Å². The number of carbonyl (C=O) groups excluding carboxylic acids is 2. The molecule has 1 aliphatic carbocycles. The molecule has 0 radical (unpaired) electrons. The van der Waals surface area contributed by atoms with Crippen LogP contribution in [0.1, 0.15) is 88.4 Å². The number of piperazine rings is 1. The van der Waals surface area contributed by atoms with Gasteiger partial charge in [0.05, 0.1) is 30.4 Å². The molecule has 18 heteroatoms. The summed E-state index contributed by atoms with van der Waals surface area (Å²) in [7, 11) is 0. The molecule has 2 N–H and O–H groups in total. The highest BCUT2D eigenvalue weighted by Gasteiger charge is 2.50. The number of phenols is 1. The lowest BCUT2D eigenvalue weighted by Gasteiger charge is -2.38. The molecule has 3 aromatic heterocycles. The summed E-state index contributed by atoms with van der Waals surface area (Å²) in [5.74, 6) is 0.918. The number of fused-ring (bicyclic) bond motifs is 4. The first-order valence-electron chi connectivity index (χ1n) is 22.7. The normalized spacial score (nSPS) is 27.0. The average Bonchev–Trinajstić information content (AvgIpc) is 3.60. The van der Waals surface area contributed by atoms with E-state index in [0.717, 1.165) is 96.0 Å². The fourth-order valence-corrected chi connectivity index (χ4v) is 11.5. The van der Waals surface area contributed by atoms with E-state index in [1.807, 2.05) is 4.90 Å². The summed E-state index contributed by atoms with van der Waals surface area (Å²) in [6.07, 6.45) is 10.8. The number of aromatic nitrogens is 4. The van der Waals surface area contributed by atoms with Crippen LogP contribution in [0.5, 0.6) is 17.6 Å². The fourth-order valence-electron chi connectivity index (χ4n) is 11.1. The highest BCUT2D eigenvalue weighted by atomic mass is 35.5. The molecule has 2 amide bonds. The molecule has 6 saturated heterocycles. The largest absolute Gasteiger partial charge is 0.508 e. The Morgan fingerprint density at radius 2 is 1.84 bits per heavy atom. The molecule has 5 atom stereocenters. The molecule has 1 aromatic carbocycles. The van der Waals surface area contributed by atoms with E-state index >= 15 is 4.39 Å². The van der Waals surface area contributed by atoms with Gasteiger partial charge in [0.2, 0.25) is 5.91 Å². The van der Waals surface area contributed by atoms with Crippen molar-refractivity contribution in [3.8, 4) is 28.9 Å². The minimum Gasteiger partial charge on any atom is -0.508 e. The Kier molecular flexibility index (Phi) is 10.5. The second-order valence-corrected chi connectivity index (χ2v) is 19.2. The summed E-state index contributed by atoms with van der Waals surface area (Å²) in [5, 5.41) is 19.1. The van der Waals surface area contributed by atoms with E-state index in [0.29, 0.717) is 65.2 Å². The Morgan fingerprint density at radius 1 is 1.02 bits per heavy atom. The number of rotatable bonds is 12. The van der Waals surface area contributed by atoms with Gasteiger partial charge in [-0.05, 0) is 106 Å². The molecular formula is C45H53ClFN9O7. The zero-order chi connectivity index (χ0) is 43.0. The number of likely N-dealkylation sites (tertiary alicyclic amines) is 2. The van der Waals surface area contributed by atoms with Crippen LogP contribution in [0.3, 0.4) is 0 Å². The van der Waals surface area contributed by atoms with E-state index in [1.165, 1.54) is 6.07 Å². The molecule has 9 heterocycles. The number of nitrogens with zero attached hydrogens (tertiary/aromatic N) is 8. The Bertz CT molecular complexity index is 2420. The molecule has 2 bridgehead atoms. The number of halogens is 2. The second kappa shape index (κ2) is 16.2. The van der Waals surface area contributed by atoms with Crippen LogP contribution >= 0.6 is 11.6 Å². The van der Waals surface area contributed by atoms with Crippen molar-refractivity contribution in [3.63, 3.8) is 0 Å². The summed E-state index contributed by atoms with van der Waals surface area (Å²) < 4.78 is 40.7. The second-order valence-electron chi connectivity index (χ2n) is 18.8. The minimum absolute atomic E-state index is 0.0240. The maximum atomic E-state index is 17.0. The average molecular weight is 886 g/mol. The molecular weight excluding hydrogens is 833 g/mol. The number of amides is 2. The summed E-state index contributed by atoms with van der Waals surface area (Å²) in [4.78, 5) is 48.3. The first kappa shape index (κ1) is 40.8. The predicted octanol–water partition coefficient (Wildman–Crippen LogP) is 5.82. The third-order valence-electron chi connectivity index (χ3n) is 14.5. The molecule has 0 spiro atoms. The maximum Gasteiger partial charge on any atom is 0.410 e. The Labute approximate surface area is 369 Å². The zero-order valence-electron chi connectivity index (χ0n) is 35.4. The van der Waals surface area contributed by atoms with E-state index < -0.39 is 5.82 Å². The zero-order valence-corrected chi connectivity index (χ0v) is 36.2. The summed E-state index contributed by atoms with van der Waals surface area (Å²) in [6, 6.07) is 5.70. The van der Waals surface area contributed by atoms with Gasteiger partial charge >= 0.3 is 12.1 Å². The summed E-state index contributed by atoms with van der Waals surface area (Å²) >= 11 is 6.63. The third-order valence-corrected chi connectivity index (χ3v) is 14.9. The van der Waals surface area contributed by atoms with E-state index in [1.54, 1.807) is 23.2 Å². The number of phenolic OH excluding ortho intramolecular Hbond substituents is 1. The van der Waals surface area contributed by atoms with Crippen LogP contribution < -0.4 is 19.7 Å². The van der Waals surface area contributed by atoms with Gasteiger partial charge in [-0.2, -0.15) is 9.97 Å². The minimum atomic E-state index is -0.603. The van der Waals surface area contributed by atoms with Gasteiger partial charge in [0.15, 0.2) is 5.82 Å². The number of hydrogen-bond acceptors (Lipinski definition) is 14. The lowest BCUT2D eigenvalue weighted by atomic mass is 9.95. The number of benzene rings is 1. The topological polar surface area (TPSA) is 172 Å². The molecule has 7 fully saturated rings. The maximum absolute atomic E-state index is 17.0. The third kappa shape index (κ3) is 7.77. The van der Waals surface area contributed by atoms with Crippen LogP contribution in [0.4, 0.5) is 15.0 Å². The highest BCUT2D eigenvalue weighted by Crippen LogP contribution is 2.49. The van der Waals surface area contributed by atoms with Gasteiger partial charge in [-0.3, -0.25) is 14.7 Å². The van der Waals surface area contributed by atoms with Crippen LogP contribution in [0.2, 0.25) is 5.02 Å². The molecule has 1 saturated carbocycles. The molecule has 11 rings (SSSR count). The van der Waals surface area contributed by atoms with Gasteiger partial charge in [0.1, 0.15) is 47.9 Å². The van der Waals surface area contributed by atoms with E-state index in [4.69, 9.17) is 40.3 Å². The molecule has 4 aromatic rings. The van der Waals surface area contributed by atoms with Crippen LogP contribution in [-0.4, -0.2) is 140 Å². The van der Waals surface area contributed by atoms with Crippen molar-refractivity contribution in [3.05, 3.63) is 46.6 Å². The first-order valence-corrected chi connectivity index (χ1v) is 23.1. The summed E-state index contributed by atoms with van der Waals surface area (Å²) in [6.45, 7) is 6.42. The van der Waals surface area contributed by atoms with Gasteiger partial charge in [0.25, 0.3) is 5.88 Å². The van der Waals surface area contributed by atoms with Crippen LogP contribution in [0.25, 0.3) is 22.2 Å². The number of hydrogen-bond donors (Lipinski definition) is 2. The van der Waals surface area contributed by atoms with Crippen molar-refractivity contribution >= 4 is 40.3 Å². The van der Waals surface area contributed by atoms with Crippen molar-refractivity contribution < 1.29 is 37.8 Å². The van der Waals surface area contributed by atoms with Crippen molar-refractivity contribution in [2.45, 2.75) is 119 Å². The van der Waals surface area contributed by atoms with Gasteiger partial charge in [-0.25, -0.2) is 9.18 Å². The highest BCUT2D eigenvalue weighted by molar-refractivity contribution is 6.32. The predicted molar refractivity (Wildman–Crippen MR) is 229 cm³/mol. The smallest absolute Gasteiger partial charge is 0.410 e. The molecule has 7 aliphatic rings. The van der Waals surface area contributed by atoms with Crippen LogP contribution in [0.15, 0.2) is 28.9 Å². The number of aromatic hydroxyl groups is 1. The van der Waals surface area contributed by atoms with E-state index in [9.17, 15) is 14.7 Å². The number of anilines is 1. The van der Waals surface area contributed by atoms with Gasteiger partial charge < -0.3 is 43.9 Å². The Morgan fingerprint density at radius 3 is 2.62 bits per heavy atom. The number of carbonyl (C=O) groups is 2. The van der Waals surface area contributed by atoms with E-state index in [-0.39, 0.29) is 77.6 Å². The Hall–Kier alpha value is -5.00. The standard InChI is InChI=1S/C45H53ClFN9O7/c1-25-4-2-12-55(25)37(58)17-31-16-36(52-63-31)62-32-21-54(22-32)44(59)60-23-29-9-11-45(10-3-13-56(29)45)24-61-43-50-41-34(42(51-43)53-19-27-7-8-28(20-53)49-27)18-48-40(39(41)47)33-14-30(57)15-35(46)38(33)26-5-6-26/h14-16,18,25-29,32,49,57H,2-13,17,19-24H2,1H3.